The Morgan fingerprint density at radius 1 is 1.09 bits per heavy atom. The summed E-state index contributed by atoms with van der Waals surface area (Å²) >= 11 is 21.7. The van der Waals surface area contributed by atoms with E-state index < -0.39 is 6.04 Å². The van der Waals surface area contributed by atoms with Crippen molar-refractivity contribution in [3.05, 3.63) is 61.5 Å². The second kappa shape index (κ2) is 12.3. The van der Waals surface area contributed by atoms with Crippen LogP contribution in [-0.4, -0.2) is 35.4 Å². The molecule has 1 aliphatic rings. The van der Waals surface area contributed by atoms with E-state index in [0.717, 1.165) is 25.7 Å². The molecular formula is C24H26BrCl3N2O3. The van der Waals surface area contributed by atoms with E-state index in [0.29, 0.717) is 30.9 Å². The van der Waals surface area contributed by atoms with Gasteiger partial charge in [-0.05, 0) is 71.6 Å². The number of carbonyl (C=O) groups excluding carboxylic acids is 2. The van der Waals surface area contributed by atoms with E-state index in [2.05, 4.69) is 21.2 Å². The Hall–Kier alpha value is -1.47. The molecule has 1 fully saturated rings. The van der Waals surface area contributed by atoms with E-state index in [-0.39, 0.29) is 31.0 Å². The molecule has 2 aromatic rings. The topological polar surface area (TPSA) is 58.6 Å². The predicted molar refractivity (Wildman–Crippen MR) is 136 cm³/mol. The molecule has 3 rings (SSSR count). The molecule has 0 spiro atoms. The number of hydrogen-bond donors (Lipinski definition) is 1. The lowest BCUT2D eigenvalue weighted by atomic mass is 9.95. The number of amides is 2. The van der Waals surface area contributed by atoms with E-state index >= 15 is 0 Å². The van der Waals surface area contributed by atoms with Crippen LogP contribution in [0.3, 0.4) is 0 Å². The zero-order valence-electron chi connectivity index (χ0n) is 18.3. The van der Waals surface area contributed by atoms with Crippen LogP contribution < -0.4 is 10.1 Å². The van der Waals surface area contributed by atoms with Gasteiger partial charge in [0.15, 0.2) is 6.61 Å². The molecule has 2 aromatic carbocycles. The minimum atomic E-state index is -0.705. The number of ether oxygens (including phenoxy) is 1. The van der Waals surface area contributed by atoms with Crippen LogP contribution >= 0.6 is 50.7 Å². The zero-order valence-corrected chi connectivity index (χ0v) is 22.1. The van der Waals surface area contributed by atoms with Crippen LogP contribution in [0.1, 0.15) is 44.6 Å². The van der Waals surface area contributed by atoms with Gasteiger partial charge in [-0.25, -0.2) is 0 Å². The van der Waals surface area contributed by atoms with Crippen molar-refractivity contribution in [3.8, 4) is 5.75 Å². The highest BCUT2D eigenvalue weighted by Gasteiger charge is 2.29. The lowest BCUT2D eigenvalue weighted by Gasteiger charge is -2.31. The normalized spacial score (nSPS) is 15.1. The molecule has 1 aliphatic carbocycles. The molecule has 9 heteroatoms. The van der Waals surface area contributed by atoms with Crippen molar-refractivity contribution < 1.29 is 14.3 Å². The van der Waals surface area contributed by atoms with Gasteiger partial charge in [-0.2, -0.15) is 0 Å². The summed E-state index contributed by atoms with van der Waals surface area (Å²) in [6.45, 7) is 1.63. The van der Waals surface area contributed by atoms with E-state index in [1.807, 2.05) is 0 Å². The summed E-state index contributed by atoms with van der Waals surface area (Å²) in [7, 11) is 0. The molecule has 0 unspecified atom stereocenters. The van der Waals surface area contributed by atoms with Crippen LogP contribution in [0.15, 0.2) is 40.9 Å². The molecule has 178 valence electrons. The van der Waals surface area contributed by atoms with Gasteiger partial charge >= 0.3 is 0 Å². The van der Waals surface area contributed by atoms with Gasteiger partial charge in [0.2, 0.25) is 5.91 Å². The summed E-state index contributed by atoms with van der Waals surface area (Å²) in [5.74, 6) is -0.0429. The van der Waals surface area contributed by atoms with Crippen molar-refractivity contribution in [2.75, 3.05) is 6.61 Å². The molecule has 0 heterocycles. The lowest BCUT2D eigenvalue weighted by molar-refractivity contribution is -0.142. The standard InChI is InChI=1S/C24H26BrCl3N2O3/c1-15(24(32)29-19-5-3-2-4-6-19)30(13-16-7-8-18(27)12-21(16)28)23(31)14-33-22-10-9-17(26)11-20(22)25/h7-12,15,19H,2-6,13-14H2,1H3,(H,29,32)/t15-/m0/s1. The van der Waals surface area contributed by atoms with E-state index in [1.165, 1.54) is 11.3 Å². The third-order valence-corrected chi connectivity index (χ3v) is 7.16. The Labute approximate surface area is 217 Å². The van der Waals surface area contributed by atoms with E-state index in [9.17, 15) is 9.59 Å². The number of rotatable bonds is 8. The molecular weight excluding hydrogens is 551 g/mol. The van der Waals surface area contributed by atoms with Gasteiger partial charge in [-0.3, -0.25) is 9.59 Å². The van der Waals surface area contributed by atoms with Crippen molar-refractivity contribution in [2.45, 2.75) is 57.7 Å². The molecule has 0 aromatic heterocycles. The second-order valence-electron chi connectivity index (χ2n) is 8.14. The number of benzene rings is 2. The highest BCUT2D eigenvalue weighted by Crippen LogP contribution is 2.28. The maximum atomic E-state index is 13.2. The summed E-state index contributed by atoms with van der Waals surface area (Å²) in [5.41, 5.74) is 0.694. The first-order chi connectivity index (χ1) is 15.7. The molecule has 1 saturated carbocycles. The third kappa shape index (κ3) is 7.51. The lowest BCUT2D eigenvalue weighted by Crippen LogP contribution is -2.51. The number of carbonyl (C=O) groups is 2. The summed E-state index contributed by atoms with van der Waals surface area (Å²) in [4.78, 5) is 27.7. The smallest absolute Gasteiger partial charge is 0.261 e. The van der Waals surface area contributed by atoms with Gasteiger partial charge in [-0.1, -0.05) is 60.1 Å². The SMILES string of the molecule is C[C@@H](C(=O)NC1CCCCC1)N(Cc1ccc(Cl)cc1Cl)C(=O)COc1ccc(Cl)cc1Br. The van der Waals surface area contributed by atoms with Gasteiger partial charge < -0.3 is 15.0 Å². The van der Waals surface area contributed by atoms with Crippen LogP contribution in [-0.2, 0) is 16.1 Å². The van der Waals surface area contributed by atoms with E-state index in [4.69, 9.17) is 39.5 Å². The first-order valence-corrected chi connectivity index (χ1v) is 12.8. The first kappa shape index (κ1) is 26.1. The van der Waals surface area contributed by atoms with E-state index in [1.54, 1.807) is 43.3 Å². The van der Waals surface area contributed by atoms with Gasteiger partial charge in [0.25, 0.3) is 5.91 Å². The van der Waals surface area contributed by atoms with Crippen molar-refractivity contribution in [2.24, 2.45) is 0 Å². The Morgan fingerprint density at radius 3 is 2.42 bits per heavy atom. The molecule has 33 heavy (non-hydrogen) atoms. The largest absolute Gasteiger partial charge is 0.483 e. The number of nitrogens with one attached hydrogen (secondary N) is 1. The van der Waals surface area contributed by atoms with Crippen LogP contribution in [0.4, 0.5) is 0 Å². The molecule has 1 atom stereocenters. The first-order valence-electron chi connectivity index (χ1n) is 10.9. The summed E-state index contributed by atoms with van der Waals surface area (Å²) in [6.07, 6.45) is 5.32. The molecule has 0 saturated heterocycles. The third-order valence-electron chi connectivity index (χ3n) is 5.72. The van der Waals surface area contributed by atoms with Gasteiger partial charge in [-0.15, -0.1) is 0 Å². The Bertz CT molecular complexity index is 999. The molecule has 0 aliphatic heterocycles. The molecule has 0 radical (unpaired) electrons. The number of nitrogens with zero attached hydrogens (tertiary/aromatic N) is 1. The van der Waals surface area contributed by atoms with Crippen molar-refractivity contribution in [3.63, 3.8) is 0 Å². The number of halogens is 4. The average Bonchev–Trinajstić information content (AvgIpc) is 2.78. The summed E-state index contributed by atoms with van der Waals surface area (Å²) in [5, 5.41) is 4.58. The van der Waals surface area contributed by atoms with Crippen LogP contribution in [0, 0.1) is 0 Å². The fourth-order valence-corrected chi connectivity index (χ4v) is 5.06. The average molecular weight is 577 g/mol. The zero-order chi connectivity index (χ0) is 24.0. The summed E-state index contributed by atoms with van der Waals surface area (Å²) in [6, 6.07) is 9.57. The van der Waals surface area contributed by atoms with Gasteiger partial charge in [0.1, 0.15) is 11.8 Å². The van der Waals surface area contributed by atoms with Crippen LogP contribution in [0.5, 0.6) is 5.75 Å². The van der Waals surface area contributed by atoms with Gasteiger partial charge in [0.05, 0.1) is 4.47 Å². The monoisotopic (exact) mass is 574 g/mol. The maximum absolute atomic E-state index is 13.2. The van der Waals surface area contributed by atoms with Crippen molar-refractivity contribution >= 4 is 62.5 Å². The van der Waals surface area contributed by atoms with Crippen LogP contribution in [0.2, 0.25) is 15.1 Å². The second-order valence-corrected chi connectivity index (χ2v) is 10.3. The highest BCUT2D eigenvalue weighted by molar-refractivity contribution is 9.10. The number of hydrogen-bond acceptors (Lipinski definition) is 3. The minimum Gasteiger partial charge on any atom is -0.483 e. The predicted octanol–water partition coefficient (Wildman–Crippen LogP) is 6.65. The Balaban J connectivity index is 1.75. The Morgan fingerprint density at radius 2 is 1.76 bits per heavy atom. The van der Waals surface area contributed by atoms with Gasteiger partial charge in [0, 0.05) is 27.7 Å². The van der Waals surface area contributed by atoms with Crippen molar-refractivity contribution in [1.82, 2.24) is 10.2 Å². The van der Waals surface area contributed by atoms with Crippen LogP contribution in [0.25, 0.3) is 0 Å². The Kier molecular flexibility index (Phi) is 9.74. The minimum absolute atomic E-state index is 0.144. The molecule has 1 N–H and O–H groups in total. The quantitative estimate of drug-likeness (QED) is 0.383. The molecule has 5 nitrogen and oxygen atoms in total. The fourth-order valence-electron chi connectivity index (χ4n) is 3.80. The van der Waals surface area contributed by atoms with Crippen molar-refractivity contribution in [1.29, 1.82) is 0 Å². The highest BCUT2D eigenvalue weighted by atomic mass is 79.9. The molecule has 2 amide bonds. The fraction of sp³-hybridized carbons (Fsp3) is 0.417. The molecule has 0 bridgehead atoms. The maximum Gasteiger partial charge on any atom is 0.261 e. The summed E-state index contributed by atoms with van der Waals surface area (Å²) < 4.78 is 6.36.